The summed E-state index contributed by atoms with van der Waals surface area (Å²) in [6, 6.07) is 9.53. The van der Waals surface area contributed by atoms with Crippen molar-refractivity contribution in [3.63, 3.8) is 0 Å². The number of ether oxygens (including phenoxy) is 1. The summed E-state index contributed by atoms with van der Waals surface area (Å²) < 4.78 is 11.2. The summed E-state index contributed by atoms with van der Waals surface area (Å²) in [6.07, 6.45) is 2.05. The molecule has 2 aromatic rings. The molecule has 0 aliphatic heterocycles. The summed E-state index contributed by atoms with van der Waals surface area (Å²) in [5.74, 6) is 2.46. The van der Waals surface area contributed by atoms with Gasteiger partial charge >= 0.3 is 0 Å². The molecule has 1 saturated carbocycles. The van der Waals surface area contributed by atoms with E-state index in [2.05, 4.69) is 0 Å². The van der Waals surface area contributed by atoms with Gasteiger partial charge < -0.3 is 14.3 Å². The van der Waals surface area contributed by atoms with Gasteiger partial charge in [0.15, 0.2) is 0 Å². The lowest BCUT2D eigenvalue weighted by atomic mass is 10.0. The van der Waals surface area contributed by atoms with E-state index in [0.29, 0.717) is 6.10 Å². The van der Waals surface area contributed by atoms with Gasteiger partial charge in [-0.15, -0.1) is 0 Å². The molecule has 3 nitrogen and oxygen atoms in total. The van der Waals surface area contributed by atoms with Crippen LogP contribution in [-0.2, 0) is 0 Å². The van der Waals surface area contributed by atoms with Crippen molar-refractivity contribution in [3.8, 4) is 5.75 Å². The molecule has 1 aliphatic rings. The first-order chi connectivity index (χ1) is 9.13. The van der Waals surface area contributed by atoms with E-state index < -0.39 is 6.10 Å². The van der Waals surface area contributed by atoms with Crippen LogP contribution in [0.1, 0.15) is 41.6 Å². The first-order valence-corrected chi connectivity index (χ1v) is 6.65. The molecule has 100 valence electrons. The normalized spacial score (nSPS) is 16.4. The third-order valence-corrected chi connectivity index (χ3v) is 3.40. The first-order valence-electron chi connectivity index (χ1n) is 6.65. The van der Waals surface area contributed by atoms with E-state index in [9.17, 15) is 5.11 Å². The molecule has 1 aromatic heterocycles. The van der Waals surface area contributed by atoms with Crippen LogP contribution in [0.3, 0.4) is 0 Å². The highest BCUT2D eigenvalue weighted by atomic mass is 16.5. The highest BCUT2D eigenvalue weighted by Gasteiger charge is 2.23. The van der Waals surface area contributed by atoms with Gasteiger partial charge in [-0.05, 0) is 50.5 Å². The Labute approximate surface area is 112 Å². The lowest BCUT2D eigenvalue weighted by Crippen LogP contribution is -2.01. The third-order valence-electron chi connectivity index (χ3n) is 3.40. The van der Waals surface area contributed by atoms with E-state index >= 15 is 0 Å². The maximum atomic E-state index is 10.4. The maximum absolute atomic E-state index is 10.4. The Morgan fingerprint density at radius 2 is 1.89 bits per heavy atom. The SMILES string of the molecule is Cc1cc(C(O)c2ccc(OC3CC3)cc2)c(C)o1. The first kappa shape index (κ1) is 12.3. The summed E-state index contributed by atoms with van der Waals surface area (Å²) >= 11 is 0. The molecule has 0 amide bonds. The van der Waals surface area contributed by atoms with Gasteiger partial charge in [-0.25, -0.2) is 0 Å². The lowest BCUT2D eigenvalue weighted by Gasteiger charge is -2.11. The van der Waals surface area contributed by atoms with E-state index in [4.69, 9.17) is 9.15 Å². The van der Waals surface area contributed by atoms with Gasteiger partial charge in [0.05, 0.1) is 6.10 Å². The molecule has 1 heterocycles. The smallest absolute Gasteiger partial charge is 0.119 e. The molecule has 1 atom stereocenters. The van der Waals surface area contributed by atoms with Crippen molar-refractivity contribution in [2.24, 2.45) is 0 Å². The Bertz CT molecular complexity index is 564. The van der Waals surface area contributed by atoms with Gasteiger partial charge in [-0.2, -0.15) is 0 Å². The largest absolute Gasteiger partial charge is 0.490 e. The Balaban J connectivity index is 1.78. The van der Waals surface area contributed by atoms with Crippen molar-refractivity contribution < 1.29 is 14.3 Å². The Hall–Kier alpha value is -1.74. The Morgan fingerprint density at radius 3 is 2.42 bits per heavy atom. The van der Waals surface area contributed by atoms with Crippen molar-refractivity contribution in [2.45, 2.75) is 38.9 Å². The zero-order valence-electron chi connectivity index (χ0n) is 11.2. The average Bonchev–Trinajstić information content (AvgIpc) is 3.13. The second-order valence-electron chi connectivity index (χ2n) is 5.16. The van der Waals surface area contributed by atoms with Crippen LogP contribution in [0.5, 0.6) is 5.75 Å². The molecule has 1 unspecified atom stereocenters. The second kappa shape index (κ2) is 4.74. The summed E-state index contributed by atoms with van der Waals surface area (Å²) in [5.41, 5.74) is 1.68. The predicted octanol–water partition coefficient (Wildman–Crippen LogP) is 3.52. The van der Waals surface area contributed by atoms with Gasteiger partial charge in [0.1, 0.15) is 23.4 Å². The molecule has 0 saturated heterocycles. The van der Waals surface area contributed by atoms with Gasteiger partial charge in [-0.3, -0.25) is 0 Å². The van der Waals surface area contributed by atoms with Crippen LogP contribution in [0.25, 0.3) is 0 Å². The molecule has 3 rings (SSSR count). The second-order valence-corrected chi connectivity index (χ2v) is 5.16. The minimum absolute atomic E-state index is 0.398. The van der Waals surface area contributed by atoms with Crippen LogP contribution >= 0.6 is 0 Å². The van der Waals surface area contributed by atoms with Gasteiger partial charge in [0, 0.05) is 5.56 Å². The fourth-order valence-electron chi connectivity index (χ4n) is 2.21. The molecule has 1 N–H and O–H groups in total. The predicted molar refractivity (Wildman–Crippen MR) is 72.3 cm³/mol. The van der Waals surface area contributed by atoms with Crippen molar-refractivity contribution >= 4 is 0 Å². The van der Waals surface area contributed by atoms with Crippen molar-refractivity contribution in [3.05, 3.63) is 53.0 Å². The van der Waals surface area contributed by atoms with Crippen molar-refractivity contribution in [2.75, 3.05) is 0 Å². The Kier molecular flexibility index (Phi) is 3.07. The van der Waals surface area contributed by atoms with Crippen molar-refractivity contribution in [1.82, 2.24) is 0 Å². The maximum Gasteiger partial charge on any atom is 0.119 e. The van der Waals surface area contributed by atoms with Gasteiger partial charge in [-0.1, -0.05) is 12.1 Å². The minimum atomic E-state index is -0.646. The van der Waals surface area contributed by atoms with Crippen LogP contribution in [-0.4, -0.2) is 11.2 Å². The third kappa shape index (κ3) is 2.66. The number of aryl methyl sites for hydroxylation is 2. The van der Waals surface area contributed by atoms with Gasteiger partial charge in [0.2, 0.25) is 0 Å². The number of hydrogen-bond acceptors (Lipinski definition) is 3. The lowest BCUT2D eigenvalue weighted by molar-refractivity contribution is 0.217. The molecular weight excluding hydrogens is 240 g/mol. The number of rotatable bonds is 4. The molecular formula is C16H18O3. The van der Waals surface area contributed by atoms with E-state index in [1.165, 1.54) is 0 Å². The number of hydrogen-bond donors (Lipinski definition) is 1. The molecule has 0 bridgehead atoms. The summed E-state index contributed by atoms with van der Waals surface area (Å²) in [7, 11) is 0. The monoisotopic (exact) mass is 258 g/mol. The fraction of sp³-hybridized carbons (Fsp3) is 0.375. The minimum Gasteiger partial charge on any atom is -0.490 e. The van der Waals surface area contributed by atoms with E-state index in [1.807, 2.05) is 44.2 Å². The number of furan rings is 1. The average molecular weight is 258 g/mol. The standard InChI is InChI=1S/C16H18O3/c1-10-9-15(11(2)18-10)16(17)12-3-5-13(6-4-12)19-14-7-8-14/h3-6,9,14,16-17H,7-8H2,1-2H3. The number of aliphatic hydroxyl groups excluding tert-OH is 1. The van der Waals surface area contributed by atoms with E-state index in [-0.39, 0.29) is 0 Å². The highest BCUT2D eigenvalue weighted by molar-refractivity contribution is 5.35. The molecule has 0 spiro atoms. The number of benzene rings is 1. The summed E-state index contributed by atoms with van der Waals surface area (Å²) in [4.78, 5) is 0. The zero-order chi connectivity index (χ0) is 13.4. The summed E-state index contributed by atoms with van der Waals surface area (Å²) in [5, 5.41) is 10.4. The molecule has 0 radical (unpaired) electrons. The van der Waals surface area contributed by atoms with Crippen LogP contribution in [0.15, 0.2) is 34.7 Å². The van der Waals surface area contributed by atoms with Crippen LogP contribution in [0.2, 0.25) is 0 Å². The van der Waals surface area contributed by atoms with E-state index in [0.717, 1.165) is 41.2 Å². The zero-order valence-corrected chi connectivity index (χ0v) is 11.2. The number of aliphatic hydroxyl groups is 1. The van der Waals surface area contributed by atoms with Crippen LogP contribution in [0, 0.1) is 13.8 Å². The molecule has 1 aromatic carbocycles. The van der Waals surface area contributed by atoms with Crippen LogP contribution in [0.4, 0.5) is 0 Å². The molecule has 3 heteroatoms. The Morgan fingerprint density at radius 1 is 1.21 bits per heavy atom. The quantitative estimate of drug-likeness (QED) is 0.912. The van der Waals surface area contributed by atoms with E-state index in [1.54, 1.807) is 0 Å². The fourth-order valence-corrected chi connectivity index (χ4v) is 2.21. The van der Waals surface area contributed by atoms with Crippen molar-refractivity contribution in [1.29, 1.82) is 0 Å². The van der Waals surface area contributed by atoms with Crippen LogP contribution < -0.4 is 4.74 Å². The topological polar surface area (TPSA) is 42.6 Å². The molecule has 1 fully saturated rings. The highest BCUT2D eigenvalue weighted by Crippen LogP contribution is 2.30. The molecule has 1 aliphatic carbocycles. The summed E-state index contributed by atoms with van der Waals surface area (Å²) in [6.45, 7) is 3.76. The van der Waals surface area contributed by atoms with Gasteiger partial charge in [0.25, 0.3) is 0 Å². The molecule has 19 heavy (non-hydrogen) atoms.